The monoisotopic (exact) mass is 433 g/mol. The molecule has 2 nitrogen and oxygen atoms in total. The van der Waals surface area contributed by atoms with Gasteiger partial charge in [0.15, 0.2) is 20.1 Å². The van der Waals surface area contributed by atoms with E-state index in [1.54, 1.807) is 12.1 Å². The molecule has 3 aromatic carbocycles. The van der Waals surface area contributed by atoms with E-state index in [0.29, 0.717) is 5.56 Å². The molecular formula is C26H19F2O2S+. The van der Waals surface area contributed by atoms with Crippen molar-refractivity contribution >= 4 is 26.5 Å². The van der Waals surface area contributed by atoms with Crippen molar-refractivity contribution in [2.45, 2.75) is 19.4 Å². The SMILES string of the molecule is C#CC(C)(OC(=O)c1ccc(-[s+]2c(C)cc3ccccc32)cc1)c1cc(F)cc(F)c1. The second kappa shape index (κ2) is 7.98. The summed E-state index contributed by atoms with van der Waals surface area (Å²) in [5.41, 5.74) is -1.24. The van der Waals surface area contributed by atoms with Crippen LogP contribution in [0.1, 0.15) is 27.7 Å². The number of halogens is 2. The zero-order chi connectivity index (χ0) is 22.2. The van der Waals surface area contributed by atoms with E-state index in [4.69, 9.17) is 11.2 Å². The molecule has 1 heterocycles. The van der Waals surface area contributed by atoms with Crippen LogP contribution >= 0.6 is 10.5 Å². The number of hydrogen-bond acceptors (Lipinski definition) is 2. The number of benzene rings is 3. The Morgan fingerprint density at radius 2 is 1.65 bits per heavy atom. The Balaban J connectivity index is 1.62. The molecule has 0 bridgehead atoms. The third-order valence-electron chi connectivity index (χ3n) is 5.13. The number of fused-ring (bicyclic) bond motifs is 1. The fourth-order valence-electron chi connectivity index (χ4n) is 3.52. The van der Waals surface area contributed by atoms with Gasteiger partial charge in [0.2, 0.25) is 0 Å². The molecule has 0 spiro atoms. The number of rotatable bonds is 4. The summed E-state index contributed by atoms with van der Waals surface area (Å²) in [6, 6.07) is 20.4. The predicted octanol–water partition coefficient (Wildman–Crippen LogP) is 6.87. The van der Waals surface area contributed by atoms with E-state index in [0.717, 1.165) is 23.1 Å². The molecule has 0 fully saturated rings. The highest BCUT2D eigenvalue weighted by molar-refractivity contribution is 7.45. The Hall–Kier alpha value is -3.49. The molecule has 2 unspecified atom stereocenters. The second-order valence-corrected chi connectivity index (χ2v) is 9.52. The first-order chi connectivity index (χ1) is 14.8. The Bertz CT molecular complexity index is 1310. The standard InChI is InChI=1S/C26H19F2O2S/c1-4-26(3,20-14-21(27)16-22(28)15-20)30-25(29)18-9-11-23(12-10-18)31-17(2)13-19-7-5-6-8-24(19)31/h1,5-16H,2-3H3/q+1. The largest absolute Gasteiger partial charge is 0.438 e. The maximum absolute atomic E-state index is 13.6. The van der Waals surface area contributed by atoms with Crippen molar-refractivity contribution in [3.8, 4) is 17.2 Å². The molecule has 0 aliphatic carbocycles. The van der Waals surface area contributed by atoms with Gasteiger partial charge in [-0.1, -0.05) is 18.1 Å². The van der Waals surface area contributed by atoms with Crippen molar-refractivity contribution in [2.75, 3.05) is 0 Å². The van der Waals surface area contributed by atoms with Gasteiger partial charge in [0, 0.05) is 40.5 Å². The van der Waals surface area contributed by atoms with Crippen molar-refractivity contribution in [1.29, 1.82) is 0 Å². The fourth-order valence-corrected chi connectivity index (χ4v) is 5.73. The molecule has 4 rings (SSSR count). The van der Waals surface area contributed by atoms with E-state index >= 15 is 0 Å². The molecular weight excluding hydrogens is 414 g/mol. The first kappa shape index (κ1) is 20.8. The Labute approximate surface area is 182 Å². The summed E-state index contributed by atoms with van der Waals surface area (Å²) in [5.74, 6) is 0.0860. The predicted molar refractivity (Wildman–Crippen MR) is 120 cm³/mol. The van der Waals surface area contributed by atoms with Gasteiger partial charge in [-0.15, -0.1) is 6.42 Å². The van der Waals surface area contributed by atoms with Crippen LogP contribution < -0.4 is 0 Å². The third kappa shape index (κ3) is 3.95. The summed E-state index contributed by atoms with van der Waals surface area (Å²) in [6.07, 6.45) is 5.56. The van der Waals surface area contributed by atoms with Crippen molar-refractivity contribution in [1.82, 2.24) is 0 Å². The zero-order valence-corrected chi connectivity index (χ0v) is 17.8. The summed E-state index contributed by atoms with van der Waals surface area (Å²) >= 11 is 0. The Morgan fingerprint density at radius 3 is 2.29 bits per heavy atom. The van der Waals surface area contributed by atoms with E-state index in [1.807, 2.05) is 24.3 Å². The van der Waals surface area contributed by atoms with E-state index in [1.165, 1.54) is 21.9 Å². The molecule has 0 amide bonds. The van der Waals surface area contributed by atoms with Crippen molar-refractivity contribution < 1.29 is 18.3 Å². The van der Waals surface area contributed by atoms with E-state index in [2.05, 4.69) is 31.0 Å². The highest BCUT2D eigenvalue weighted by Crippen LogP contribution is 2.43. The average molecular weight is 433 g/mol. The van der Waals surface area contributed by atoms with Crippen molar-refractivity contribution in [2.24, 2.45) is 0 Å². The Morgan fingerprint density at radius 1 is 1.00 bits per heavy atom. The van der Waals surface area contributed by atoms with Gasteiger partial charge in [-0.25, -0.2) is 13.6 Å². The van der Waals surface area contributed by atoms with E-state index in [9.17, 15) is 13.6 Å². The number of terminal acetylenes is 1. The lowest BCUT2D eigenvalue weighted by atomic mass is 9.96. The van der Waals surface area contributed by atoms with Crippen LogP contribution in [-0.2, 0) is 10.3 Å². The number of ether oxygens (including phenoxy) is 1. The first-order valence-corrected chi connectivity index (χ1v) is 10.8. The van der Waals surface area contributed by atoms with Crippen LogP contribution in [0.4, 0.5) is 8.78 Å². The lowest BCUT2D eigenvalue weighted by Gasteiger charge is -2.24. The molecule has 31 heavy (non-hydrogen) atoms. The van der Waals surface area contributed by atoms with Gasteiger partial charge in [0.25, 0.3) is 0 Å². The molecule has 0 radical (unpaired) electrons. The molecule has 154 valence electrons. The zero-order valence-electron chi connectivity index (χ0n) is 17.0. The van der Waals surface area contributed by atoms with Crippen LogP contribution in [0.5, 0.6) is 0 Å². The van der Waals surface area contributed by atoms with E-state index in [-0.39, 0.29) is 16.0 Å². The molecule has 0 saturated carbocycles. The molecule has 0 aliphatic heterocycles. The van der Waals surface area contributed by atoms with Crippen molar-refractivity contribution in [3.63, 3.8) is 0 Å². The van der Waals surface area contributed by atoms with Gasteiger partial charge >= 0.3 is 5.97 Å². The minimum absolute atomic E-state index is 0.0577. The normalized spacial score (nSPS) is 13.5. The topological polar surface area (TPSA) is 26.3 Å². The van der Waals surface area contributed by atoms with Crippen LogP contribution in [0.25, 0.3) is 15.0 Å². The van der Waals surface area contributed by atoms with Gasteiger partial charge < -0.3 is 4.74 Å². The van der Waals surface area contributed by atoms with Crippen molar-refractivity contribution in [3.05, 3.63) is 100 Å². The van der Waals surface area contributed by atoms with Crippen LogP contribution in [0, 0.1) is 30.9 Å². The van der Waals surface area contributed by atoms with Gasteiger partial charge in [-0.2, -0.15) is 0 Å². The smallest absolute Gasteiger partial charge is 0.339 e. The summed E-state index contributed by atoms with van der Waals surface area (Å²) in [5, 5.41) is 1.21. The molecule has 1 aromatic heterocycles. The Kier molecular flexibility index (Phi) is 5.34. The number of thiophene rings is 1. The minimum atomic E-state index is -1.61. The fraction of sp³-hybridized carbons (Fsp3) is 0.115. The molecule has 4 aromatic rings. The number of hydrogen-bond donors (Lipinski definition) is 0. The molecule has 2 atom stereocenters. The van der Waals surface area contributed by atoms with Gasteiger partial charge in [0.05, 0.1) is 5.56 Å². The third-order valence-corrected chi connectivity index (χ3v) is 7.45. The first-order valence-electron chi connectivity index (χ1n) is 9.60. The van der Waals surface area contributed by atoms with Crippen LogP contribution in [0.15, 0.2) is 72.8 Å². The highest BCUT2D eigenvalue weighted by atomic mass is 32.2. The van der Waals surface area contributed by atoms with Gasteiger partial charge in [0.1, 0.15) is 11.6 Å². The molecule has 0 N–H and O–H groups in total. The maximum Gasteiger partial charge on any atom is 0.339 e. The maximum atomic E-state index is 13.6. The number of carbonyl (C=O) groups excluding carboxylic acids is 1. The highest BCUT2D eigenvalue weighted by Gasteiger charge is 2.31. The van der Waals surface area contributed by atoms with Gasteiger partial charge in [-0.05, 0) is 55.5 Å². The number of aryl methyl sites for hydroxylation is 1. The molecule has 0 saturated heterocycles. The van der Waals surface area contributed by atoms with Crippen LogP contribution in [0.3, 0.4) is 0 Å². The summed E-state index contributed by atoms with van der Waals surface area (Å²) in [7, 11) is -0.194. The summed E-state index contributed by atoms with van der Waals surface area (Å²) < 4.78 is 34.0. The summed E-state index contributed by atoms with van der Waals surface area (Å²) in [4.78, 5) is 15.1. The number of esters is 1. The molecule has 0 aliphatic rings. The van der Waals surface area contributed by atoms with Gasteiger partial charge in [-0.3, -0.25) is 0 Å². The lowest BCUT2D eigenvalue weighted by Crippen LogP contribution is -2.28. The summed E-state index contributed by atoms with van der Waals surface area (Å²) in [6.45, 7) is 3.53. The van der Waals surface area contributed by atoms with E-state index < -0.39 is 23.2 Å². The van der Waals surface area contributed by atoms with Crippen LogP contribution in [0.2, 0.25) is 0 Å². The molecule has 5 heteroatoms. The quantitative estimate of drug-likeness (QED) is 0.199. The lowest BCUT2D eigenvalue weighted by molar-refractivity contribution is 0.0127. The minimum Gasteiger partial charge on any atom is -0.438 e. The number of carbonyl (C=O) groups is 1. The second-order valence-electron chi connectivity index (χ2n) is 7.35. The van der Waals surface area contributed by atoms with Crippen LogP contribution in [-0.4, -0.2) is 5.97 Å². The average Bonchev–Trinajstić information content (AvgIpc) is 3.08.